The van der Waals surface area contributed by atoms with E-state index < -0.39 is 24.0 Å². The predicted molar refractivity (Wildman–Crippen MR) is 127 cm³/mol. The second-order valence-electron chi connectivity index (χ2n) is 8.53. The van der Waals surface area contributed by atoms with Gasteiger partial charge in [-0.2, -0.15) is 0 Å². The first-order chi connectivity index (χ1) is 16.2. The van der Waals surface area contributed by atoms with Crippen LogP contribution in [0.25, 0.3) is 0 Å². The molecule has 186 valence electrons. The van der Waals surface area contributed by atoms with E-state index in [0.717, 1.165) is 5.56 Å². The lowest BCUT2D eigenvalue weighted by Crippen LogP contribution is -2.54. The van der Waals surface area contributed by atoms with Crippen molar-refractivity contribution in [1.29, 1.82) is 5.41 Å². The fraction of sp³-hybridized carbons (Fsp3) is 0.542. The van der Waals surface area contributed by atoms with Crippen LogP contribution in [0.3, 0.4) is 0 Å². The first-order valence-electron chi connectivity index (χ1n) is 11.7. The van der Waals surface area contributed by atoms with Crippen molar-refractivity contribution < 1.29 is 24.3 Å². The summed E-state index contributed by atoms with van der Waals surface area (Å²) in [5, 5.41) is 22.1. The zero-order valence-electron chi connectivity index (χ0n) is 19.8. The molecule has 1 aromatic carbocycles. The molecule has 1 fully saturated rings. The minimum absolute atomic E-state index is 0.0343. The highest BCUT2D eigenvalue weighted by molar-refractivity contribution is 5.95. The highest BCUT2D eigenvalue weighted by atomic mass is 16.4. The van der Waals surface area contributed by atoms with Gasteiger partial charge in [-0.05, 0) is 37.7 Å². The van der Waals surface area contributed by atoms with E-state index >= 15 is 0 Å². The number of hydrogen-bond acceptors (Lipinski definition) is 5. The zero-order valence-corrected chi connectivity index (χ0v) is 19.8. The number of hydrogen-bond donors (Lipinski definition) is 5. The second-order valence-corrected chi connectivity index (χ2v) is 8.53. The normalized spacial score (nSPS) is 16.2. The third-order valence-electron chi connectivity index (χ3n) is 6.19. The monoisotopic (exact) mass is 473 g/mol. The third kappa shape index (κ3) is 7.29. The predicted octanol–water partition coefficient (Wildman–Crippen LogP) is 1.36. The minimum atomic E-state index is -1.05. The van der Waals surface area contributed by atoms with Crippen LogP contribution in [0.2, 0.25) is 0 Å². The number of likely N-dealkylation sites (tertiary alicyclic amines) is 1. The van der Waals surface area contributed by atoms with E-state index in [1.54, 1.807) is 24.3 Å². The summed E-state index contributed by atoms with van der Waals surface area (Å²) in [6.07, 6.45) is 2.07. The fourth-order valence-corrected chi connectivity index (χ4v) is 4.09. The lowest BCUT2D eigenvalue weighted by Gasteiger charge is -2.29. The second kappa shape index (κ2) is 12.7. The van der Waals surface area contributed by atoms with E-state index in [1.807, 2.05) is 13.8 Å². The summed E-state index contributed by atoms with van der Waals surface area (Å²) in [5.74, 6) is -2.35. The van der Waals surface area contributed by atoms with E-state index in [-0.39, 0.29) is 43.0 Å². The molecule has 34 heavy (non-hydrogen) atoms. The average molecular weight is 474 g/mol. The number of aliphatic carboxylic acids is 1. The number of carboxylic acid groups (broad SMARTS) is 1. The Bertz CT molecular complexity index is 898. The maximum absolute atomic E-state index is 13.3. The molecule has 1 heterocycles. The van der Waals surface area contributed by atoms with Gasteiger partial charge < -0.3 is 26.4 Å². The maximum atomic E-state index is 13.3. The van der Waals surface area contributed by atoms with Crippen molar-refractivity contribution in [2.75, 3.05) is 6.54 Å². The lowest BCUT2D eigenvalue weighted by atomic mass is 10.0. The molecule has 0 unspecified atom stereocenters. The van der Waals surface area contributed by atoms with Crippen molar-refractivity contribution >= 4 is 29.5 Å². The first-order valence-corrected chi connectivity index (χ1v) is 11.7. The highest BCUT2D eigenvalue weighted by Gasteiger charge is 2.38. The molecule has 2 atom stereocenters. The van der Waals surface area contributed by atoms with Crippen LogP contribution in [0.4, 0.5) is 0 Å². The molecule has 1 aliphatic rings. The molecule has 0 aliphatic carbocycles. The molecular formula is C24H35N5O5. The fourth-order valence-electron chi connectivity index (χ4n) is 4.09. The Morgan fingerprint density at radius 3 is 2.38 bits per heavy atom. The zero-order chi connectivity index (χ0) is 25.3. The van der Waals surface area contributed by atoms with Gasteiger partial charge in [-0.15, -0.1) is 0 Å². The van der Waals surface area contributed by atoms with Gasteiger partial charge in [0.05, 0.1) is 0 Å². The quantitative estimate of drug-likeness (QED) is 0.227. The topological polar surface area (TPSA) is 166 Å². The number of rotatable bonds is 12. The van der Waals surface area contributed by atoms with Crippen LogP contribution in [0.1, 0.15) is 63.5 Å². The number of nitrogens with zero attached hydrogens (tertiary/aromatic N) is 1. The van der Waals surface area contributed by atoms with Crippen LogP contribution in [0.5, 0.6) is 0 Å². The van der Waals surface area contributed by atoms with Crippen molar-refractivity contribution in [2.45, 2.75) is 71.0 Å². The van der Waals surface area contributed by atoms with Crippen molar-refractivity contribution in [2.24, 2.45) is 11.7 Å². The van der Waals surface area contributed by atoms with Crippen LogP contribution < -0.4 is 16.4 Å². The number of nitrogens with one attached hydrogen (secondary N) is 3. The van der Waals surface area contributed by atoms with Gasteiger partial charge in [0, 0.05) is 31.0 Å². The summed E-state index contributed by atoms with van der Waals surface area (Å²) in [6.45, 7) is 4.39. The van der Waals surface area contributed by atoms with Gasteiger partial charge in [-0.3, -0.25) is 24.6 Å². The van der Waals surface area contributed by atoms with Gasteiger partial charge in [0.2, 0.25) is 17.7 Å². The van der Waals surface area contributed by atoms with Gasteiger partial charge in [0.25, 0.3) is 0 Å². The summed E-state index contributed by atoms with van der Waals surface area (Å²) in [6, 6.07) is 5.27. The molecule has 0 bridgehead atoms. The molecule has 1 saturated heterocycles. The number of carbonyl (C=O) groups is 4. The number of nitrogen functional groups attached to an aromatic ring is 1. The van der Waals surface area contributed by atoms with Crippen molar-refractivity contribution in [1.82, 2.24) is 15.5 Å². The van der Waals surface area contributed by atoms with Crippen molar-refractivity contribution in [3.05, 3.63) is 35.4 Å². The average Bonchev–Trinajstić information content (AvgIpc) is 3.30. The molecule has 0 spiro atoms. The number of carbonyl (C=O) groups excluding carboxylic acids is 3. The third-order valence-corrected chi connectivity index (χ3v) is 6.19. The number of amidine groups is 1. The molecule has 0 radical (unpaired) electrons. The standard InChI is InChI=1S/C24H35N5O5/c1-3-16(4-2)22(32)28-18(11-12-20(30)31)24(34)29-13-5-6-19(29)23(33)27-14-15-7-9-17(10-8-15)21(25)26/h7-10,16,18-19H,3-6,11-14H2,1-2H3,(H3,25,26)(H,27,33)(H,28,32)(H,30,31)/t18-,19-/m0/s1. The number of nitrogens with two attached hydrogens (primary N) is 1. The highest BCUT2D eigenvalue weighted by Crippen LogP contribution is 2.20. The summed E-state index contributed by atoms with van der Waals surface area (Å²) in [5.41, 5.74) is 6.87. The first kappa shape index (κ1) is 26.8. The molecule has 3 amide bonds. The Hall–Kier alpha value is -3.43. The molecule has 10 heteroatoms. The van der Waals surface area contributed by atoms with Crippen LogP contribution in [0, 0.1) is 11.3 Å². The summed E-state index contributed by atoms with van der Waals surface area (Å²) in [4.78, 5) is 51.3. The summed E-state index contributed by atoms with van der Waals surface area (Å²) < 4.78 is 0. The van der Waals surface area contributed by atoms with Crippen LogP contribution >= 0.6 is 0 Å². The number of carboxylic acids is 1. The molecule has 1 aromatic rings. The SMILES string of the molecule is CCC(CC)C(=O)N[C@@H](CCC(=O)O)C(=O)N1CCC[C@H]1C(=O)NCc1ccc(C(=N)N)cc1. The molecule has 1 aliphatic heterocycles. The van der Waals surface area contributed by atoms with E-state index in [4.69, 9.17) is 16.2 Å². The molecule has 0 saturated carbocycles. The molecule has 0 aromatic heterocycles. The van der Waals surface area contributed by atoms with Gasteiger partial charge in [0.15, 0.2) is 0 Å². The smallest absolute Gasteiger partial charge is 0.303 e. The molecule has 6 N–H and O–H groups in total. The van der Waals surface area contributed by atoms with E-state index in [1.165, 1.54) is 4.90 Å². The van der Waals surface area contributed by atoms with E-state index in [0.29, 0.717) is 37.8 Å². The van der Waals surface area contributed by atoms with Gasteiger partial charge in [-0.25, -0.2) is 0 Å². The Kier molecular flexibility index (Phi) is 10.0. The maximum Gasteiger partial charge on any atom is 0.303 e. The molecular weight excluding hydrogens is 438 g/mol. The summed E-state index contributed by atoms with van der Waals surface area (Å²) >= 11 is 0. The molecule has 10 nitrogen and oxygen atoms in total. The largest absolute Gasteiger partial charge is 0.481 e. The van der Waals surface area contributed by atoms with Gasteiger partial charge >= 0.3 is 5.97 Å². The number of benzene rings is 1. The number of amides is 3. The Balaban J connectivity index is 2.06. The Labute approximate surface area is 199 Å². The van der Waals surface area contributed by atoms with Crippen molar-refractivity contribution in [3.8, 4) is 0 Å². The van der Waals surface area contributed by atoms with E-state index in [9.17, 15) is 19.2 Å². The lowest BCUT2D eigenvalue weighted by molar-refractivity contribution is -0.143. The minimum Gasteiger partial charge on any atom is -0.481 e. The van der Waals surface area contributed by atoms with E-state index in [2.05, 4.69) is 10.6 Å². The van der Waals surface area contributed by atoms with Gasteiger partial charge in [0.1, 0.15) is 17.9 Å². The Morgan fingerprint density at radius 1 is 1.18 bits per heavy atom. The van der Waals surface area contributed by atoms with Crippen LogP contribution in [0.15, 0.2) is 24.3 Å². The van der Waals surface area contributed by atoms with Gasteiger partial charge in [-0.1, -0.05) is 38.1 Å². The van der Waals surface area contributed by atoms with Crippen LogP contribution in [-0.2, 0) is 25.7 Å². The Morgan fingerprint density at radius 2 is 1.82 bits per heavy atom. The summed E-state index contributed by atoms with van der Waals surface area (Å²) in [7, 11) is 0. The van der Waals surface area contributed by atoms with Crippen LogP contribution in [-0.4, -0.2) is 58.2 Å². The van der Waals surface area contributed by atoms with Crippen molar-refractivity contribution in [3.63, 3.8) is 0 Å². The molecule has 2 rings (SSSR count).